The third kappa shape index (κ3) is 4.74. The monoisotopic (exact) mass is 313 g/mol. The molecule has 0 saturated carbocycles. The van der Waals surface area contributed by atoms with Crippen LogP contribution in [0.2, 0.25) is 0 Å². The third-order valence-corrected chi connectivity index (χ3v) is 3.75. The Bertz CT molecular complexity index is 620. The summed E-state index contributed by atoms with van der Waals surface area (Å²) in [4.78, 5) is 2.09. The summed E-state index contributed by atoms with van der Waals surface area (Å²) in [6.07, 6.45) is 1.02. The molecule has 0 radical (unpaired) electrons. The van der Waals surface area contributed by atoms with Crippen LogP contribution in [0, 0.1) is 0 Å². The molecule has 0 fully saturated rings. The average molecular weight is 313 g/mol. The largest absolute Gasteiger partial charge is 0.378 e. The lowest BCUT2D eigenvalue weighted by Gasteiger charge is -2.14. The molecule has 0 atom stereocenters. The predicted molar refractivity (Wildman–Crippen MR) is 99.6 cm³/mol. The Balaban J connectivity index is 1.87. The quantitative estimate of drug-likeness (QED) is 0.821. The van der Waals surface area contributed by atoms with E-state index in [4.69, 9.17) is 12.2 Å². The standard InChI is InChI=1S/C18H23N3S/c1-4-14-6-5-7-16(12-14)20-18(22)19-13-15-8-10-17(11-9-15)21(2)3/h5-12H,4,13H2,1-3H3,(H2,19,20,22). The van der Waals surface area contributed by atoms with E-state index in [0.29, 0.717) is 11.7 Å². The highest BCUT2D eigenvalue weighted by molar-refractivity contribution is 7.80. The van der Waals surface area contributed by atoms with Gasteiger partial charge in [0.25, 0.3) is 0 Å². The average Bonchev–Trinajstić information content (AvgIpc) is 2.53. The van der Waals surface area contributed by atoms with Crippen molar-refractivity contribution >= 4 is 28.7 Å². The molecule has 0 unspecified atom stereocenters. The van der Waals surface area contributed by atoms with Crippen LogP contribution in [-0.2, 0) is 13.0 Å². The topological polar surface area (TPSA) is 27.3 Å². The van der Waals surface area contributed by atoms with Crippen molar-refractivity contribution in [2.24, 2.45) is 0 Å². The van der Waals surface area contributed by atoms with Gasteiger partial charge in [-0.1, -0.05) is 31.2 Å². The van der Waals surface area contributed by atoms with Crippen LogP contribution < -0.4 is 15.5 Å². The van der Waals surface area contributed by atoms with Gasteiger partial charge < -0.3 is 15.5 Å². The lowest BCUT2D eigenvalue weighted by Crippen LogP contribution is -2.27. The first-order valence-electron chi connectivity index (χ1n) is 7.48. The van der Waals surface area contributed by atoms with Crippen molar-refractivity contribution in [2.45, 2.75) is 19.9 Å². The van der Waals surface area contributed by atoms with E-state index in [-0.39, 0.29) is 0 Å². The van der Waals surface area contributed by atoms with Crippen molar-refractivity contribution in [3.8, 4) is 0 Å². The van der Waals surface area contributed by atoms with E-state index in [1.54, 1.807) is 0 Å². The molecule has 2 aromatic carbocycles. The van der Waals surface area contributed by atoms with Crippen molar-refractivity contribution in [3.05, 3.63) is 59.7 Å². The lowest BCUT2D eigenvalue weighted by atomic mass is 10.1. The molecule has 22 heavy (non-hydrogen) atoms. The summed E-state index contributed by atoms with van der Waals surface area (Å²) in [7, 11) is 4.08. The Hall–Kier alpha value is -2.07. The first-order valence-corrected chi connectivity index (χ1v) is 7.89. The number of hydrogen-bond acceptors (Lipinski definition) is 2. The van der Waals surface area contributed by atoms with Gasteiger partial charge >= 0.3 is 0 Å². The van der Waals surface area contributed by atoms with Crippen LogP contribution in [0.1, 0.15) is 18.1 Å². The zero-order valence-corrected chi connectivity index (χ0v) is 14.2. The fraction of sp³-hybridized carbons (Fsp3) is 0.278. The van der Waals surface area contributed by atoms with Crippen LogP contribution in [0.15, 0.2) is 48.5 Å². The molecule has 0 saturated heterocycles. The molecule has 3 nitrogen and oxygen atoms in total. The number of anilines is 2. The van der Waals surface area contributed by atoms with E-state index in [1.165, 1.54) is 16.8 Å². The number of benzene rings is 2. The van der Waals surface area contributed by atoms with Crippen LogP contribution >= 0.6 is 12.2 Å². The van der Waals surface area contributed by atoms with Gasteiger partial charge in [-0.2, -0.15) is 0 Å². The number of hydrogen-bond donors (Lipinski definition) is 2. The summed E-state index contributed by atoms with van der Waals surface area (Å²) in [6, 6.07) is 16.8. The first-order chi connectivity index (χ1) is 10.6. The molecule has 0 amide bonds. The normalized spacial score (nSPS) is 10.1. The maximum Gasteiger partial charge on any atom is 0.171 e. The fourth-order valence-corrected chi connectivity index (χ4v) is 2.33. The summed E-state index contributed by atoms with van der Waals surface area (Å²) >= 11 is 5.35. The van der Waals surface area contributed by atoms with Crippen molar-refractivity contribution in [3.63, 3.8) is 0 Å². The molecule has 0 spiro atoms. The van der Waals surface area contributed by atoms with E-state index in [2.05, 4.69) is 58.9 Å². The van der Waals surface area contributed by atoms with E-state index < -0.39 is 0 Å². The summed E-state index contributed by atoms with van der Waals surface area (Å²) in [5.41, 5.74) is 4.73. The van der Waals surface area contributed by atoms with Crippen molar-refractivity contribution in [2.75, 3.05) is 24.3 Å². The minimum absolute atomic E-state index is 0.643. The molecular formula is C18H23N3S. The molecule has 2 N–H and O–H groups in total. The van der Waals surface area contributed by atoms with Gasteiger partial charge in [0.1, 0.15) is 0 Å². The second-order valence-corrected chi connectivity index (χ2v) is 5.83. The molecule has 116 valence electrons. The fourth-order valence-electron chi connectivity index (χ4n) is 2.14. The number of nitrogens with zero attached hydrogens (tertiary/aromatic N) is 1. The van der Waals surface area contributed by atoms with Gasteiger partial charge in [0, 0.05) is 32.0 Å². The molecule has 0 aliphatic heterocycles. The zero-order valence-electron chi connectivity index (χ0n) is 13.4. The van der Waals surface area contributed by atoms with Gasteiger partial charge in [0.15, 0.2) is 5.11 Å². The number of thiocarbonyl (C=S) groups is 1. The van der Waals surface area contributed by atoms with E-state index in [9.17, 15) is 0 Å². The number of nitrogens with one attached hydrogen (secondary N) is 2. The minimum atomic E-state index is 0.643. The smallest absolute Gasteiger partial charge is 0.171 e. The van der Waals surface area contributed by atoms with E-state index in [1.807, 2.05) is 26.2 Å². The molecular weight excluding hydrogens is 290 g/mol. The molecule has 0 bridgehead atoms. The lowest BCUT2D eigenvalue weighted by molar-refractivity contribution is 0.925. The highest BCUT2D eigenvalue weighted by Gasteiger charge is 2.00. The van der Waals surface area contributed by atoms with Gasteiger partial charge in [0.05, 0.1) is 0 Å². The summed E-state index contributed by atoms with van der Waals surface area (Å²) < 4.78 is 0. The molecule has 2 rings (SSSR count). The molecule has 2 aromatic rings. The second-order valence-electron chi connectivity index (χ2n) is 5.42. The summed E-state index contributed by atoms with van der Waals surface area (Å²) in [5.74, 6) is 0. The maximum atomic E-state index is 5.35. The SMILES string of the molecule is CCc1cccc(NC(=S)NCc2ccc(N(C)C)cc2)c1. The molecule has 0 heterocycles. The van der Waals surface area contributed by atoms with Crippen molar-refractivity contribution < 1.29 is 0 Å². The zero-order chi connectivity index (χ0) is 15.9. The molecule has 0 aromatic heterocycles. The van der Waals surface area contributed by atoms with Gasteiger partial charge in [-0.05, 0) is 54.0 Å². The number of aryl methyl sites for hydroxylation is 1. The number of rotatable bonds is 5. The van der Waals surface area contributed by atoms with Crippen molar-refractivity contribution in [1.29, 1.82) is 0 Å². The van der Waals surface area contributed by atoms with Gasteiger partial charge in [-0.25, -0.2) is 0 Å². The highest BCUT2D eigenvalue weighted by Crippen LogP contribution is 2.13. The second kappa shape index (κ2) is 7.80. The van der Waals surface area contributed by atoms with Crippen LogP contribution in [0.4, 0.5) is 11.4 Å². The van der Waals surface area contributed by atoms with Crippen LogP contribution in [0.25, 0.3) is 0 Å². The molecule has 4 heteroatoms. The summed E-state index contributed by atoms with van der Waals surface area (Å²) in [5, 5.41) is 7.11. The molecule has 0 aliphatic carbocycles. The Labute approximate surface area is 138 Å². The Kier molecular flexibility index (Phi) is 5.78. The Morgan fingerprint density at radius 1 is 1.05 bits per heavy atom. The first kappa shape index (κ1) is 16.3. The highest BCUT2D eigenvalue weighted by atomic mass is 32.1. The van der Waals surface area contributed by atoms with Crippen LogP contribution in [0.5, 0.6) is 0 Å². The Morgan fingerprint density at radius 3 is 2.41 bits per heavy atom. The molecule has 0 aliphatic rings. The van der Waals surface area contributed by atoms with Crippen LogP contribution in [-0.4, -0.2) is 19.2 Å². The third-order valence-electron chi connectivity index (χ3n) is 3.50. The summed E-state index contributed by atoms with van der Waals surface area (Å²) in [6.45, 7) is 2.86. The van der Waals surface area contributed by atoms with Crippen LogP contribution in [0.3, 0.4) is 0 Å². The maximum absolute atomic E-state index is 5.35. The minimum Gasteiger partial charge on any atom is -0.378 e. The Morgan fingerprint density at radius 2 is 1.77 bits per heavy atom. The van der Waals surface area contributed by atoms with Crippen molar-refractivity contribution in [1.82, 2.24) is 5.32 Å². The van der Waals surface area contributed by atoms with Gasteiger partial charge in [-0.3, -0.25) is 0 Å². The predicted octanol–water partition coefficient (Wildman–Crippen LogP) is 3.80. The van der Waals surface area contributed by atoms with E-state index >= 15 is 0 Å². The van der Waals surface area contributed by atoms with Gasteiger partial charge in [0.2, 0.25) is 0 Å². The van der Waals surface area contributed by atoms with E-state index in [0.717, 1.165) is 12.1 Å². The van der Waals surface area contributed by atoms with Gasteiger partial charge in [-0.15, -0.1) is 0 Å².